The van der Waals surface area contributed by atoms with Gasteiger partial charge in [-0.3, -0.25) is 0 Å². The topological polar surface area (TPSA) is 12.0 Å². The summed E-state index contributed by atoms with van der Waals surface area (Å²) in [6.07, 6.45) is 4.14. The van der Waals surface area contributed by atoms with Crippen molar-refractivity contribution in [3.8, 4) is 0 Å². The third-order valence-corrected chi connectivity index (χ3v) is 3.19. The smallest absolute Gasteiger partial charge is 0.0210 e. The van der Waals surface area contributed by atoms with Crippen LogP contribution in [0.25, 0.3) is 0 Å². The number of hydrogen-bond donors (Lipinski definition) is 1. The van der Waals surface area contributed by atoms with Crippen LogP contribution in [0.1, 0.15) is 36.0 Å². The molecule has 1 N–H and O–H groups in total. The van der Waals surface area contributed by atoms with Crippen LogP contribution >= 0.6 is 0 Å². The Morgan fingerprint density at radius 1 is 1.29 bits per heavy atom. The largest absolute Gasteiger partial charge is 0.310 e. The molecule has 0 saturated heterocycles. The molecule has 1 saturated carbocycles. The van der Waals surface area contributed by atoms with Crippen molar-refractivity contribution in [3.05, 3.63) is 34.9 Å². The van der Waals surface area contributed by atoms with Crippen LogP contribution in [0, 0.1) is 13.8 Å². The van der Waals surface area contributed by atoms with Crippen LogP contribution in [0.4, 0.5) is 0 Å². The van der Waals surface area contributed by atoms with Crippen molar-refractivity contribution in [2.24, 2.45) is 0 Å². The highest BCUT2D eigenvalue weighted by Crippen LogP contribution is 2.19. The van der Waals surface area contributed by atoms with Crippen LogP contribution in [-0.2, 0) is 6.54 Å². The molecule has 2 rings (SSSR count). The second-order valence-corrected chi connectivity index (χ2v) is 4.44. The van der Waals surface area contributed by atoms with E-state index in [1.165, 1.54) is 36.0 Å². The van der Waals surface area contributed by atoms with Gasteiger partial charge in [0.2, 0.25) is 0 Å². The summed E-state index contributed by atoms with van der Waals surface area (Å²) in [5.41, 5.74) is 4.22. The second kappa shape index (κ2) is 4.14. The van der Waals surface area contributed by atoms with Gasteiger partial charge in [-0.1, -0.05) is 30.2 Å². The normalized spacial score (nSPS) is 16.7. The number of benzene rings is 1. The van der Waals surface area contributed by atoms with Crippen LogP contribution in [0.3, 0.4) is 0 Å². The van der Waals surface area contributed by atoms with Crippen LogP contribution < -0.4 is 5.32 Å². The van der Waals surface area contributed by atoms with Crippen LogP contribution in [-0.4, -0.2) is 6.04 Å². The second-order valence-electron chi connectivity index (χ2n) is 4.44. The van der Waals surface area contributed by atoms with Crippen molar-refractivity contribution in [2.75, 3.05) is 0 Å². The molecule has 76 valence electrons. The Hall–Kier alpha value is -0.820. The summed E-state index contributed by atoms with van der Waals surface area (Å²) in [6, 6.07) is 7.48. The lowest BCUT2D eigenvalue weighted by atomic mass is 9.93. The van der Waals surface area contributed by atoms with Gasteiger partial charge in [0.25, 0.3) is 0 Å². The molecule has 0 aliphatic heterocycles. The zero-order valence-electron chi connectivity index (χ0n) is 9.14. The van der Waals surface area contributed by atoms with E-state index in [1.54, 1.807) is 0 Å². The monoisotopic (exact) mass is 189 g/mol. The van der Waals surface area contributed by atoms with E-state index < -0.39 is 0 Å². The standard InChI is InChI=1S/C13H19N/c1-10-6-7-11(2)12(8-10)9-14-13-4-3-5-13/h6-8,13-14H,3-5,9H2,1-2H3. The summed E-state index contributed by atoms with van der Waals surface area (Å²) in [4.78, 5) is 0. The number of rotatable bonds is 3. The van der Waals surface area contributed by atoms with Crippen LogP contribution in [0.5, 0.6) is 0 Å². The predicted molar refractivity (Wildman–Crippen MR) is 60.4 cm³/mol. The summed E-state index contributed by atoms with van der Waals surface area (Å²) in [6.45, 7) is 5.39. The highest BCUT2D eigenvalue weighted by molar-refractivity contribution is 5.30. The van der Waals surface area contributed by atoms with E-state index >= 15 is 0 Å². The maximum Gasteiger partial charge on any atom is 0.0210 e. The third-order valence-electron chi connectivity index (χ3n) is 3.19. The van der Waals surface area contributed by atoms with Gasteiger partial charge in [0.1, 0.15) is 0 Å². The highest BCUT2D eigenvalue weighted by Gasteiger charge is 2.16. The molecule has 0 radical (unpaired) electrons. The third kappa shape index (κ3) is 2.16. The maximum absolute atomic E-state index is 3.60. The zero-order chi connectivity index (χ0) is 9.97. The van der Waals surface area contributed by atoms with Gasteiger partial charge in [0.15, 0.2) is 0 Å². The van der Waals surface area contributed by atoms with E-state index in [1.807, 2.05) is 0 Å². The van der Waals surface area contributed by atoms with Gasteiger partial charge in [-0.25, -0.2) is 0 Å². The lowest BCUT2D eigenvalue weighted by Crippen LogP contribution is -2.34. The van der Waals surface area contributed by atoms with E-state index in [0.29, 0.717) is 0 Å². The molecule has 1 fully saturated rings. The first kappa shape index (κ1) is 9.72. The molecule has 1 aliphatic rings. The molecule has 1 aromatic rings. The molecule has 1 nitrogen and oxygen atoms in total. The molecule has 1 aromatic carbocycles. The first-order valence-corrected chi connectivity index (χ1v) is 5.55. The van der Waals surface area contributed by atoms with Crippen molar-refractivity contribution in [1.29, 1.82) is 0 Å². The summed E-state index contributed by atoms with van der Waals surface area (Å²) in [5.74, 6) is 0. The molecular weight excluding hydrogens is 170 g/mol. The van der Waals surface area contributed by atoms with Gasteiger partial charge < -0.3 is 5.32 Å². The summed E-state index contributed by atoms with van der Waals surface area (Å²) >= 11 is 0. The molecule has 0 amide bonds. The quantitative estimate of drug-likeness (QED) is 0.771. The number of hydrogen-bond acceptors (Lipinski definition) is 1. The lowest BCUT2D eigenvalue weighted by molar-refractivity contribution is 0.338. The fourth-order valence-corrected chi connectivity index (χ4v) is 1.86. The Kier molecular flexibility index (Phi) is 2.87. The molecule has 1 heteroatoms. The average molecular weight is 189 g/mol. The average Bonchev–Trinajstić information content (AvgIpc) is 2.08. The first-order chi connectivity index (χ1) is 6.75. The fraction of sp³-hybridized carbons (Fsp3) is 0.538. The Bertz CT molecular complexity index is 313. The summed E-state index contributed by atoms with van der Waals surface area (Å²) in [7, 11) is 0. The van der Waals surface area contributed by atoms with Gasteiger partial charge in [-0.2, -0.15) is 0 Å². The maximum atomic E-state index is 3.60. The van der Waals surface area contributed by atoms with Gasteiger partial charge in [0, 0.05) is 12.6 Å². The lowest BCUT2D eigenvalue weighted by Gasteiger charge is -2.27. The Morgan fingerprint density at radius 2 is 2.07 bits per heavy atom. The summed E-state index contributed by atoms with van der Waals surface area (Å²) < 4.78 is 0. The molecule has 0 aromatic heterocycles. The molecular formula is C13H19N. The van der Waals surface area contributed by atoms with E-state index in [2.05, 4.69) is 37.4 Å². The molecule has 1 aliphatic carbocycles. The highest BCUT2D eigenvalue weighted by atomic mass is 14.9. The van der Waals surface area contributed by atoms with Crippen molar-refractivity contribution in [2.45, 2.75) is 45.7 Å². The Labute approximate surface area is 86.5 Å². The van der Waals surface area contributed by atoms with Crippen molar-refractivity contribution in [1.82, 2.24) is 5.32 Å². The van der Waals surface area contributed by atoms with Gasteiger partial charge in [-0.15, -0.1) is 0 Å². The molecule has 0 atom stereocenters. The Morgan fingerprint density at radius 3 is 2.71 bits per heavy atom. The molecule has 14 heavy (non-hydrogen) atoms. The molecule has 0 unspecified atom stereocenters. The van der Waals surface area contributed by atoms with Gasteiger partial charge in [0.05, 0.1) is 0 Å². The van der Waals surface area contributed by atoms with Crippen LogP contribution in [0.15, 0.2) is 18.2 Å². The Balaban J connectivity index is 1.96. The van der Waals surface area contributed by atoms with E-state index in [4.69, 9.17) is 0 Å². The van der Waals surface area contributed by atoms with Gasteiger partial charge in [-0.05, 0) is 37.8 Å². The van der Waals surface area contributed by atoms with Crippen LogP contribution in [0.2, 0.25) is 0 Å². The van der Waals surface area contributed by atoms with E-state index in [-0.39, 0.29) is 0 Å². The molecule has 0 heterocycles. The predicted octanol–water partition coefficient (Wildman–Crippen LogP) is 2.95. The van der Waals surface area contributed by atoms with Crippen molar-refractivity contribution >= 4 is 0 Å². The minimum atomic E-state index is 0.787. The summed E-state index contributed by atoms with van der Waals surface area (Å²) in [5, 5.41) is 3.60. The fourth-order valence-electron chi connectivity index (χ4n) is 1.86. The minimum Gasteiger partial charge on any atom is -0.310 e. The van der Waals surface area contributed by atoms with Crippen molar-refractivity contribution in [3.63, 3.8) is 0 Å². The van der Waals surface area contributed by atoms with Crippen molar-refractivity contribution < 1.29 is 0 Å². The molecule has 0 bridgehead atoms. The van der Waals surface area contributed by atoms with E-state index in [9.17, 15) is 0 Å². The zero-order valence-corrected chi connectivity index (χ0v) is 9.14. The number of aryl methyl sites for hydroxylation is 2. The van der Waals surface area contributed by atoms with Gasteiger partial charge >= 0.3 is 0 Å². The minimum absolute atomic E-state index is 0.787. The van der Waals surface area contributed by atoms with E-state index in [0.717, 1.165) is 12.6 Å². The molecule has 0 spiro atoms. The first-order valence-electron chi connectivity index (χ1n) is 5.55. The SMILES string of the molecule is Cc1ccc(C)c(CNC2CCC2)c1. The number of nitrogens with one attached hydrogen (secondary N) is 1.